The van der Waals surface area contributed by atoms with Gasteiger partial charge in [0.25, 0.3) is 0 Å². The van der Waals surface area contributed by atoms with Crippen molar-refractivity contribution in [3.63, 3.8) is 0 Å². The third-order valence-corrected chi connectivity index (χ3v) is 3.78. The fraction of sp³-hybridized carbons (Fsp3) is 0.375. The zero-order valence-electron chi connectivity index (χ0n) is 13.3. The van der Waals surface area contributed by atoms with Crippen LogP contribution < -0.4 is 5.32 Å². The first-order chi connectivity index (χ1) is 11.5. The van der Waals surface area contributed by atoms with Crippen molar-refractivity contribution < 1.29 is 18.3 Å². The summed E-state index contributed by atoms with van der Waals surface area (Å²) in [5, 5.41) is 6.98. The number of carbonyl (C=O) groups is 1. The van der Waals surface area contributed by atoms with Gasteiger partial charge in [0.15, 0.2) is 0 Å². The highest BCUT2D eigenvalue weighted by atomic mass is 19.1. The third kappa shape index (κ3) is 3.70. The van der Waals surface area contributed by atoms with Crippen molar-refractivity contribution in [2.75, 3.05) is 31.6 Å². The van der Waals surface area contributed by atoms with Crippen LogP contribution in [0.25, 0.3) is 11.3 Å². The van der Waals surface area contributed by atoms with Crippen molar-refractivity contribution in [3.05, 3.63) is 35.9 Å². The minimum atomic E-state index is -0.675. The first-order valence-corrected chi connectivity index (χ1v) is 7.67. The van der Waals surface area contributed by atoms with Crippen LogP contribution in [0.3, 0.4) is 0 Å². The minimum absolute atomic E-state index is 0.250. The van der Waals surface area contributed by atoms with Gasteiger partial charge in [0.1, 0.15) is 17.5 Å². The first kappa shape index (κ1) is 16.4. The molecule has 1 aromatic carbocycles. The van der Waals surface area contributed by atoms with Crippen LogP contribution in [-0.2, 0) is 11.8 Å². The molecule has 1 aliphatic rings. The van der Waals surface area contributed by atoms with Gasteiger partial charge in [0.2, 0.25) is 0 Å². The number of aromatic nitrogens is 2. The maximum absolute atomic E-state index is 13.3. The molecule has 0 bridgehead atoms. The van der Waals surface area contributed by atoms with Gasteiger partial charge >= 0.3 is 6.03 Å². The van der Waals surface area contributed by atoms with Crippen LogP contribution in [-0.4, -0.2) is 47.0 Å². The number of halogens is 2. The molecule has 0 unspecified atom stereocenters. The smallest absolute Gasteiger partial charge is 0.323 e. The Morgan fingerprint density at radius 1 is 1.17 bits per heavy atom. The van der Waals surface area contributed by atoms with Crippen LogP contribution in [0.5, 0.6) is 0 Å². The summed E-state index contributed by atoms with van der Waals surface area (Å²) in [5.41, 5.74) is 0.692. The number of hydrogen-bond acceptors (Lipinski definition) is 3. The second-order valence-electron chi connectivity index (χ2n) is 5.58. The van der Waals surface area contributed by atoms with Crippen molar-refractivity contribution in [1.29, 1.82) is 0 Å². The van der Waals surface area contributed by atoms with E-state index in [9.17, 15) is 13.6 Å². The molecule has 6 nitrogen and oxygen atoms in total. The number of nitrogens with one attached hydrogen (secondary N) is 1. The van der Waals surface area contributed by atoms with E-state index < -0.39 is 11.6 Å². The summed E-state index contributed by atoms with van der Waals surface area (Å²) < 4.78 is 33.5. The Bertz CT molecular complexity index is 719. The van der Waals surface area contributed by atoms with E-state index in [2.05, 4.69) is 10.4 Å². The topological polar surface area (TPSA) is 59.4 Å². The molecule has 128 valence electrons. The molecule has 2 aromatic rings. The van der Waals surface area contributed by atoms with E-state index in [4.69, 9.17) is 4.74 Å². The summed E-state index contributed by atoms with van der Waals surface area (Å²) in [7, 11) is 1.65. The lowest BCUT2D eigenvalue weighted by atomic mass is 10.1. The number of hydrogen-bond donors (Lipinski definition) is 1. The molecule has 2 amide bonds. The highest BCUT2D eigenvalue weighted by Crippen LogP contribution is 2.23. The van der Waals surface area contributed by atoms with Gasteiger partial charge in [-0.1, -0.05) is 0 Å². The molecule has 0 atom stereocenters. The second-order valence-corrected chi connectivity index (χ2v) is 5.58. The molecule has 24 heavy (non-hydrogen) atoms. The third-order valence-electron chi connectivity index (χ3n) is 3.78. The molecule has 1 aliphatic heterocycles. The number of nitrogens with zero attached hydrogens (tertiary/aromatic N) is 3. The Morgan fingerprint density at radius 2 is 1.92 bits per heavy atom. The molecular weight excluding hydrogens is 318 g/mol. The van der Waals surface area contributed by atoms with E-state index >= 15 is 0 Å². The summed E-state index contributed by atoms with van der Waals surface area (Å²) in [6, 6.07) is 4.53. The standard InChI is InChI=1S/C16H18F2N4O2/c1-21-15(19-16(23)22-3-2-5-24-6-4-22)10-14(20-21)11-7-12(17)9-13(18)8-11/h7-10H,2-6H2,1H3,(H,19,23). The molecule has 1 fully saturated rings. The lowest BCUT2D eigenvalue weighted by molar-refractivity contribution is 0.144. The van der Waals surface area contributed by atoms with E-state index in [-0.39, 0.29) is 6.03 Å². The number of rotatable bonds is 2. The van der Waals surface area contributed by atoms with Crippen molar-refractivity contribution in [2.24, 2.45) is 7.05 Å². The molecule has 0 radical (unpaired) electrons. The summed E-state index contributed by atoms with van der Waals surface area (Å²) in [5.74, 6) is -0.901. The van der Waals surface area contributed by atoms with Gasteiger partial charge in [-0.2, -0.15) is 5.10 Å². The first-order valence-electron chi connectivity index (χ1n) is 7.67. The Kier molecular flexibility index (Phi) is 4.75. The van der Waals surface area contributed by atoms with Crippen LogP contribution in [0, 0.1) is 11.6 Å². The number of amides is 2. The fourth-order valence-corrected chi connectivity index (χ4v) is 2.56. The van der Waals surface area contributed by atoms with E-state index in [0.29, 0.717) is 43.4 Å². The number of carbonyl (C=O) groups excluding carboxylic acids is 1. The fourth-order valence-electron chi connectivity index (χ4n) is 2.56. The minimum Gasteiger partial charge on any atom is -0.380 e. The lowest BCUT2D eigenvalue weighted by Crippen LogP contribution is -2.37. The molecule has 3 rings (SSSR count). The van der Waals surface area contributed by atoms with Gasteiger partial charge in [-0.05, 0) is 18.6 Å². The van der Waals surface area contributed by atoms with Crippen molar-refractivity contribution in [2.45, 2.75) is 6.42 Å². The summed E-state index contributed by atoms with van der Waals surface area (Å²) >= 11 is 0. The number of ether oxygens (including phenoxy) is 1. The quantitative estimate of drug-likeness (QED) is 0.917. The maximum Gasteiger partial charge on any atom is 0.323 e. The number of anilines is 1. The predicted octanol–water partition coefficient (Wildman–Crippen LogP) is 2.62. The second kappa shape index (κ2) is 6.96. The molecule has 1 aromatic heterocycles. The Labute approximate surface area is 138 Å². The Balaban J connectivity index is 1.77. The normalized spacial score (nSPS) is 15.2. The average molecular weight is 336 g/mol. The van der Waals surface area contributed by atoms with Crippen molar-refractivity contribution in [1.82, 2.24) is 14.7 Å². The predicted molar refractivity (Wildman–Crippen MR) is 84.6 cm³/mol. The van der Waals surface area contributed by atoms with Crippen LogP contribution in [0.15, 0.2) is 24.3 Å². The molecule has 8 heteroatoms. The molecule has 0 aliphatic carbocycles. The van der Waals surface area contributed by atoms with Crippen LogP contribution in [0.4, 0.5) is 19.4 Å². The lowest BCUT2D eigenvalue weighted by Gasteiger charge is -2.19. The molecule has 2 heterocycles. The van der Waals surface area contributed by atoms with Crippen LogP contribution in [0.2, 0.25) is 0 Å². The van der Waals surface area contributed by atoms with E-state index in [1.54, 1.807) is 18.0 Å². The van der Waals surface area contributed by atoms with Gasteiger partial charge in [-0.15, -0.1) is 0 Å². The summed E-state index contributed by atoms with van der Waals surface area (Å²) in [4.78, 5) is 14.0. The van der Waals surface area contributed by atoms with E-state index in [1.165, 1.54) is 16.8 Å². The monoisotopic (exact) mass is 336 g/mol. The molecule has 1 saturated heterocycles. The summed E-state index contributed by atoms with van der Waals surface area (Å²) in [6.45, 7) is 2.29. The van der Waals surface area contributed by atoms with Gasteiger partial charge in [0.05, 0.1) is 12.3 Å². The van der Waals surface area contributed by atoms with Gasteiger partial charge in [0, 0.05) is 44.4 Å². The Hall–Kier alpha value is -2.48. The van der Waals surface area contributed by atoms with Gasteiger partial charge < -0.3 is 9.64 Å². The van der Waals surface area contributed by atoms with Gasteiger partial charge in [-0.25, -0.2) is 13.6 Å². The number of aryl methyl sites for hydroxylation is 1. The molecule has 1 N–H and O–H groups in total. The highest BCUT2D eigenvalue weighted by Gasteiger charge is 2.18. The average Bonchev–Trinajstić information content (AvgIpc) is 2.75. The van der Waals surface area contributed by atoms with Crippen molar-refractivity contribution >= 4 is 11.8 Å². The van der Waals surface area contributed by atoms with Crippen LogP contribution >= 0.6 is 0 Å². The zero-order valence-corrected chi connectivity index (χ0v) is 13.3. The SMILES string of the molecule is Cn1nc(-c2cc(F)cc(F)c2)cc1NC(=O)N1CCCOCC1. The van der Waals surface area contributed by atoms with E-state index in [0.717, 1.165) is 12.5 Å². The molecule has 0 spiro atoms. The molecular formula is C16H18F2N4O2. The largest absolute Gasteiger partial charge is 0.380 e. The van der Waals surface area contributed by atoms with Gasteiger partial charge in [-0.3, -0.25) is 10.00 Å². The van der Waals surface area contributed by atoms with Crippen LogP contribution in [0.1, 0.15) is 6.42 Å². The summed E-state index contributed by atoms with van der Waals surface area (Å²) in [6.07, 6.45) is 0.784. The number of benzene rings is 1. The number of urea groups is 1. The zero-order chi connectivity index (χ0) is 17.1. The van der Waals surface area contributed by atoms with Crippen molar-refractivity contribution in [3.8, 4) is 11.3 Å². The molecule has 0 saturated carbocycles. The maximum atomic E-state index is 13.3. The Morgan fingerprint density at radius 3 is 2.67 bits per heavy atom. The van der Waals surface area contributed by atoms with E-state index in [1.807, 2.05) is 0 Å². The highest BCUT2D eigenvalue weighted by molar-refractivity contribution is 5.89.